The van der Waals surface area contributed by atoms with Crippen LogP contribution in [0.15, 0.2) is 145 Å². The molecule has 3 nitrogen and oxygen atoms in total. The number of hydrogen-bond acceptors (Lipinski definition) is 3. The number of ether oxygens (including phenoxy) is 1. The number of hydrogen-bond donors (Lipinski definition) is 1. The van der Waals surface area contributed by atoms with Gasteiger partial charge < -0.3 is 10.1 Å². The van der Waals surface area contributed by atoms with Crippen molar-refractivity contribution >= 4 is 28.2 Å². The first-order valence-electron chi connectivity index (χ1n) is 16.1. The molecular weight excluding hydrogens is 560 g/mol. The minimum atomic E-state index is -0.425. The van der Waals surface area contributed by atoms with Crippen molar-refractivity contribution in [1.29, 1.82) is 0 Å². The molecule has 10 rings (SSSR count). The lowest BCUT2D eigenvalue weighted by atomic mass is 9.64. The first-order chi connectivity index (χ1) is 22.8. The van der Waals surface area contributed by atoms with Crippen molar-refractivity contribution in [1.82, 2.24) is 4.98 Å². The van der Waals surface area contributed by atoms with Crippen LogP contribution in [0.4, 0.5) is 5.69 Å². The Labute approximate surface area is 268 Å². The number of allylic oxidation sites excluding steroid dienone is 4. The summed E-state index contributed by atoms with van der Waals surface area (Å²) >= 11 is 0. The largest absolute Gasteiger partial charge is 0.456 e. The monoisotopic (exact) mass is 590 g/mol. The molecule has 6 aromatic rings. The Kier molecular flexibility index (Phi) is 5.39. The third kappa shape index (κ3) is 3.46. The fraction of sp³-hybridized carbons (Fsp3) is 0.0930. The van der Waals surface area contributed by atoms with Gasteiger partial charge in [0.25, 0.3) is 0 Å². The molecule has 1 N–H and O–H groups in total. The molecule has 0 fully saturated rings. The maximum atomic E-state index is 6.94. The quantitative estimate of drug-likeness (QED) is 0.218. The Bertz CT molecular complexity index is 2340. The number of benzene rings is 5. The molecular formula is C43H30N2O. The van der Waals surface area contributed by atoms with Crippen molar-refractivity contribution in [3.63, 3.8) is 0 Å². The Hall–Kier alpha value is -5.67. The summed E-state index contributed by atoms with van der Waals surface area (Å²) < 4.78 is 6.94. The predicted octanol–water partition coefficient (Wildman–Crippen LogP) is 10.6. The first kappa shape index (κ1) is 25.6. The van der Waals surface area contributed by atoms with Crippen LogP contribution in [0, 0.1) is 0 Å². The minimum absolute atomic E-state index is 0.0226. The first-order valence-corrected chi connectivity index (χ1v) is 16.1. The van der Waals surface area contributed by atoms with Gasteiger partial charge >= 0.3 is 0 Å². The molecule has 3 heteroatoms. The van der Waals surface area contributed by atoms with E-state index in [1.54, 1.807) is 0 Å². The molecule has 46 heavy (non-hydrogen) atoms. The number of nitrogens with one attached hydrogen (secondary N) is 1. The van der Waals surface area contributed by atoms with Gasteiger partial charge in [0.1, 0.15) is 11.5 Å². The zero-order valence-electron chi connectivity index (χ0n) is 25.2. The van der Waals surface area contributed by atoms with Gasteiger partial charge in [-0.25, -0.2) is 0 Å². The summed E-state index contributed by atoms with van der Waals surface area (Å²) in [7, 11) is 0. The summed E-state index contributed by atoms with van der Waals surface area (Å²) in [6, 6.07) is 41.7. The summed E-state index contributed by atoms with van der Waals surface area (Å²) in [6.07, 6.45) is 13.2. The summed E-state index contributed by atoms with van der Waals surface area (Å²) in [6.45, 7) is 0. The number of fused-ring (bicyclic) bond motifs is 11. The van der Waals surface area contributed by atoms with Gasteiger partial charge in [-0.3, -0.25) is 4.98 Å². The highest BCUT2D eigenvalue weighted by Gasteiger charge is 2.52. The summed E-state index contributed by atoms with van der Waals surface area (Å²) in [5.74, 6) is 1.86. The fourth-order valence-electron chi connectivity index (χ4n) is 8.33. The van der Waals surface area contributed by atoms with Gasteiger partial charge in [0.15, 0.2) is 0 Å². The van der Waals surface area contributed by atoms with Gasteiger partial charge in [0.2, 0.25) is 0 Å². The molecule has 1 aromatic heterocycles. The van der Waals surface area contributed by atoms with E-state index in [0.29, 0.717) is 0 Å². The molecule has 0 bridgehead atoms. The van der Waals surface area contributed by atoms with Gasteiger partial charge in [-0.2, -0.15) is 0 Å². The Morgan fingerprint density at radius 2 is 1.59 bits per heavy atom. The van der Waals surface area contributed by atoms with Crippen LogP contribution in [0.25, 0.3) is 33.7 Å². The average molecular weight is 591 g/mol. The normalized spacial score (nSPS) is 20.0. The van der Waals surface area contributed by atoms with Crippen LogP contribution in [0.2, 0.25) is 0 Å². The fourth-order valence-corrected chi connectivity index (χ4v) is 8.33. The second kappa shape index (κ2) is 9.66. The van der Waals surface area contributed by atoms with Crippen LogP contribution in [0.5, 0.6) is 11.5 Å². The van der Waals surface area contributed by atoms with E-state index in [2.05, 4.69) is 139 Å². The number of pyridine rings is 1. The molecule has 2 aliphatic carbocycles. The molecule has 2 atom stereocenters. The molecule has 0 amide bonds. The van der Waals surface area contributed by atoms with Gasteiger partial charge in [-0.1, -0.05) is 121 Å². The molecule has 0 saturated heterocycles. The number of aromatic nitrogens is 1. The van der Waals surface area contributed by atoms with Gasteiger partial charge in [-0.05, 0) is 70.0 Å². The molecule has 1 spiro atoms. The number of anilines is 1. The molecule has 218 valence electrons. The lowest BCUT2D eigenvalue weighted by Gasteiger charge is -2.41. The summed E-state index contributed by atoms with van der Waals surface area (Å²) in [5, 5.41) is 4.94. The van der Waals surface area contributed by atoms with Gasteiger partial charge in [0, 0.05) is 28.3 Å². The Balaban J connectivity index is 1.14. The molecule has 3 heterocycles. The highest BCUT2D eigenvalue weighted by Crippen LogP contribution is 2.63. The van der Waals surface area contributed by atoms with Crippen LogP contribution in [-0.4, -0.2) is 4.98 Å². The lowest BCUT2D eigenvalue weighted by molar-refractivity contribution is 0.437. The Morgan fingerprint density at radius 1 is 0.739 bits per heavy atom. The maximum absolute atomic E-state index is 6.94. The van der Waals surface area contributed by atoms with Crippen LogP contribution in [-0.2, 0) is 5.41 Å². The Morgan fingerprint density at radius 3 is 2.57 bits per heavy atom. The summed E-state index contributed by atoms with van der Waals surface area (Å²) in [4.78, 5) is 4.71. The van der Waals surface area contributed by atoms with Crippen molar-refractivity contribution in [3.8, 4) is 22.6 Å². The minimum Gasteiger partial charge on any atom is -0.456 e. The van der Waals surface area contributed by atoms with Crippen molar-refractivity contribution in [2.24, 2.45) is 0 Å². The zero-order chi connectivity index (χ0) is 30.2. The SMILES string of the molecule is C1=CC2=C(CC1)c1ccccc1C21c2ccccc2Oc2c(-c3cccc(C4C=Cc5ccc6cccnc6c5N4)c3)cccc21. The smallest absolute Gasteiger partial charge is 0.140 e. The summed E-state index contributed by atoms with van der Waals surface area (Å²) in [5.41, 5.74) is 14.3. The van der Waals surface area contributed by atoms with Crippen LogP contribution in [0.3, 0.4) is 0 Å². The van der Waals surface area contributed by atoms with E-state index in [1.165, 1.54) is 39.0 Å². The van der Waals surface area contributed by atoms with Crippen LogP contribution >= 0.6 is 0 Å². The number of nitrogens with zero attached hydrogens (tertiary/aromatic N) is 1. The average Bonchev–Trinajstić information content (AvgIpc) is 3.42. The predicted molar refractivity (Wildman–Crippen MR) is 187 cm³/mol. The standard InChI is InChI=1S/C43H30N2O/c1-3-16-34-32(13-1)33-14-2-4-17-35(33)43(34)36-18-5-6-20-39(36)46-42-31(15-8-19-37(42)43)29-10-7-11-30(26-29)38-24-23-28-22-21-27-12-9-25-44-40(27)41(28)45-38/h1,3-13,15-26,38,45H,2,14H2. The molecule has 2 aliphatic heterocycles. The molecule has 5 aromatic carbocycles. The molecule has 4 aliphatic rings. The van der Waals surface area contributed by atoms with Crippen molar-refractivity contribution in [2.45, 2.75) is 24.3 Å². The molecule has 2 unspecified atom stereocenters. The van der Waals surface area contributed by atoms with E-state index in [9.17, 15) is 0 Å². The lowest BCUT2D eigenvalue weighted by Crippen LogP contribution is -2.33. The molecule has 0 saturated carbocycles. The van der Waals surface area contributed by atoms with Crippen LogP contribution < -0.4 is 10.1 Å². The van der Waals surface area contributed by atoms with Crippen molar-refractivity contribution in [3.05, 3.63) is 179 Å². The van der Waals surface area contributed by atoms with Crippen molar-refractivity contribution < 1.29 is 4.74 Å². The second-order valence-corrected chi connectivity index (χ2v) is 12.6. The number of rotatable bonds is 2. The van der Waals surface area contributed by atoms with E-state index in [0.717, 1.165) is 57.6 Å². The highest BCUT2D eigenvalue weighted by atomic mass is 16.5. The zero-order valence-corrected chi connectivity index (χ0v) is 25.2. The van der Waals surface area contributed by atoms with Crippen molar-refractivity contribution in [2.75, 3.05) is 5.32 Å². The van der Waals surface area contributed by atoms with Gasteiger partial charge in [-0.15, -0.1) is 0 Å². The highest BCUT2D eigenvalue weighted by molar-refractivity contribution is 5.96. The topological polar surface area (TPSA) is 34.1 Å². The third-order valence-corrected chi connectivity index (χ3v) is 10.3. The van der Waals surface area contributed by atoms with Gasteiger partial charge in [0.05, 0.1) is 22.7 Å². The second-order valence-electron chi connectivity index (χ2n) is 12.6. The maximum Gasteiger partial charge on any atom is 0.140 e. The van der Waals surface area contributed by atoms with E-state index in [-0.39, 0.29) is 6.04 Å². The molecule has 0 radical (unpaired) electrons. The van der Waals surface area contributed by atoms with E-state index in [1.807, 2.05) is 12.3 Å². The third-order valence-electron chi connectivity index (χ3n) is 10.3. The van der Waals surface area contributed by atoms with Crippen LogP contribution in [0.1, 0.15) is 52.3 Å². The van der Waals surface area contributed by atoms with E-state index < -0.39 is 5.41 Å². The number of para-hydroxylation sites is 2. The van der Waals surface area contributed by atoms with E-state index >= 15 is 0 Å². The van der Waals surface area contributed by atoms with E-state index in [4.69, 9.17) is 9.72 Å².